The summed E-state index contributed by atoms with van der Waals surface area (Å²) in [5.41, 5.74) is 3.05. The highest BCUT2D eigenvalue weighted by Gasteiger charge is 2.23. The highest BCUT2D eigenvalue weighted by Crippen LogP contribution is 2.36. The van der Waals surface area contributed by atoms with Crippen LogP contribution in [0.1, 0.15) is 55.4 Å². The van der Waals surface area contributed by atoms with E-state index in [0.717, 1.165) is 41.0 Å². The summed E-state index contributed by atoms with van der Waals surface area (Å²) < 4.78 is 7.87. The first-order valence-electron chi connectivity index (χ1n) is 9.66. The average molecular weight is 364 g/mol. The molecule has 1 aliphatic rings. The molecular formula is C22H24N2O3. The van der Waals surface area contributed by atoms with Crippen LogP contribution in [-0.2, 0) is 0 Å². The molecule has 140 valence electrons. The van der Waals surface area contributed by atoms with Crippen molar-refractivity contribution in [1.29, 1.82) is 0 Å². The first kappa shape index (κ1) is 17.6. The zero-order valence-electron chi connectivity index (χ0n) is 15.5. The number of aromatic nitrogens is 2. The summed E-state index contributed by atoms with van der Waals surface area (Å²) in [6.45, 7) is 2.61. The third-order valence-electron chi connectivity index (χ3n) is 5.30. The Labute approximate surface area is 158 Å². The molecule has 0 bridgehead atoms. The van der Waals surface area contributed by atoms with E-state index < -0.39 is 5.97 Å². The van der Waals surface area contributed by atoms with Crippen molar-refractivity contribution in [1.82, 2.24) is 9.55 Å². The molecule has 1 fully saturated rings. The number of aromatic carboxylic acids is 1. The molecule has 1 aromatic heterocycles. The lowest BCUT2D eigenvalue weighted by molar-refractivity contribution is 0.0697. The molecule has 0 saturated heterocycles. The summed E-state index contributed by atoms with van der Waals surface area (Å²) in [7, 11) is 0. The van der Waals surface area contributed by atoms with Crippen LogP contribution in [0.25, 0.3) is 22.4 Å². The highest BCUT2D eigenvalue weighted by atomic mass is 16.5. The molecular weight excluding hydrogens is 340 g/mol. The molecule has 1 heterocycles. The van der Waals surface area contributed by atoms with Crippen molar-refractivity contribution >= 4 is 17.0 Å². The molecule has 0 unspecified atom stereocenters. The van der Waals surface area contributed by atoms with Crippen LogP contribution in [0.2, 0.25) is 0 Å². The van der Waals surface area contributed by atoms with Crippen LogP contribution < -0.4 is 4.74 Å². The first-order valence-corrected chi connectivity index (χ1v) is 9.66. The highest BCUT2D eigenvalue weighted by molar-refractivity contribution is 5.93. The van der Waals surface area contributed by atoms with Gasteiger partial charge in [-0.2, -0.15) is 0 Å². The van der Waals surface area contributed by atoms with E-state index in [0.29, 0.717) is 12.6 Å². The third-order valence-corrected chi connectivity index (χ3v) is 5.30. The van der Waals surface area contributed by atoms with Gasteiger partial charge in [-0.1, -0.05) is 19.3 Å². The number of imidazole rings is 1. The number of carbonyl (C=O) groups is 1. The van der Waals surface area contributed by atoms with Crippen LogP contribution in [-0.4, -0.2) is 27.2 Å². The van der Waals surface area contributed by atoms with E-state index in [9.17, 15) is 9.90 Å². The van der Waals surface area contributed by atoms with Gasteiger partial charge in [0.2, 0.25) is 0 Å². The van der Waals surface area contributed by atoms with E-state index in [1.54, 1.807) is 12.1 Å². The summed E-state index contributed by atoms with van der Waals surface area (Å²) in [4.78, 5) is 16.2. The second kappa shape index (κ2) is 7.43. The van der Waals surface area contributed by atoms with E-state index in [4.69, 9.17) is 9.72 Å². The SMILES string of the molecule is CCOc1ccc(-c2nc3cc(C(=O)O)ccc3n2C2CCCCC2)cc1. The Bertz CT molecular complexity index is 954. The van der Waals surface area contributed by atoms with Gasteiger partial charge in [-0.3, -0.25) is 0 Å². The fraction of sp³-hybridized carbons (Fsp3) is 0.364. The van der Waals surface area contributed by atoms with Gasteiger partial charge in [0.25, 0.3) is 0 Å². The van der Waals surface area contributed by atoms with Crippen LogP contribution >= 0.6 is 0 Å². The zero-order valence-corrected chi connectivity index (χ0v) is 15.5. The van der Waals surface area contributed by atoms with Crippen molar-refractivity contribution in [2.75, 3.05) is 6.61 Å². The van der Waals surface area contributed by atoms with Crippen molar-refractivity contribution in [2.24, 2.45) is 0 Å². The Morgan fingerprint density at radius 3 is 2.56 bits per heavy atom. The molecule has 5 heteroatoms. The Morgan fingerprint density at radius 1 is 1.15 bits per heavy atom. The van der Waals surface area contributed by atoms with Gasteiger partial charge in [-0.05, 0) is 62.2 Å². The number of hydrogen-bond acceptors (Lipinski definition) is 3. The molecule has 0 spiro atoms. The quantitative estimate of drug-likeness (QED) is 0.667. The van der Waals surface area contributed by atoms with Gasteiger partial charge < -0.3 is 14.4 Å². The lowest BCUT2D eigenvalue weighted by Crippen LogP contribution is -2.14. The maximum absolute atomic E-state index is 11.4. The first-order chi connectivity index (χ1) is 13.2. The number of carboxylic acids is 1. The van der Waals surface area contributed by atoms with Crippen LogP contribution in [0.5, 0.6) is 5.75 Å². The summed E-state index contributed by atoms with van der Waals surface area (Å²) in [6.07, 6.45) is 6.00. The van der Waals surface area contributed by atoms with Gasteiger partial charge in [-0.25, -0.2) is 9.78 Å². The topological polar surface area (TPSA) is 64.3 Å². The molecule has 5 nitrogen and oxygen atoms in total. The van der Waals surface area contributed by atoms with Gasteiger partial charge in [-0.15, -0.1) is 0 Å². The van der Waals surface area contributed by atoms with Crippen molar-refractivity contribution in [3.05, 3.63) is 48.0 Å². The van der Waals surface area contributed by atoms with E-state index in [2.05, 4.69) is 4.57 Å². The number of rotatable bonds is 5. The molecule has 27 heavy (non-hydrogen) atoms. The normalized spacial score (nSPS) is 15.1. The average Bonchev–Trinajstić information content (AvgIpc) is 3.08. The Kier molecular flexibility index (Phi) is 4.84. The molecule has 4 rings (SSSR count). The minimum Gasteiger partial charge on any atom is -0.494 e. The summed E-state index contributed by atoms with van der Waals surface area (Å²) in [6, 6.07) is 13.6. The smallest absolute Gasteiger partial charge is 0.335 e. The van der Waals surface area contributed by atoms with Gasteiger partial charge in [0.1, 0.15) is 11.6 Å². The predicted octanol–water partition coefficient (Wildman–Crippen LogP) is 5.31. The van der Waals surface area contributed by atoms with E-state index in [-0.39, 0.29) is 5.56 Å². The number of hydrogen-bond donors (Lipinski definition) is 1. The van der Waals surface area contributed by atoms with Gasteiger partial charge in [0, 0.05) is 11.6 Å². The minimum atomic E-state index is -0.924. The molecule has 2 aromatic carbocycles. The van der Waals surface area contributed by atoms with E-state index >= 15 is 0 Å². The Morgan fingerprint density at radius 2 is 1.89 bits per heavy atom. The number of ether oxygens (including phenoxy) is 1. The number of nitrogens with zero attached hydrogens (tertiary/aromatic N) is 2. The summed E-state index contributed by atoms with van der Waals surface area (Å²) in [5, 5.41) is 9.32. The van der Waals surface area contributed by atoms with Crippen LogP contribution in [0.3, 0.4) is 0 Å². The standard InChI is InChI=1S/C22H24N2O3/c1-2-27-18-11-8-15(9-12-18)21-23-19-14-16(22(25)26)10-13-20(19)24(21)17-6-4-3-5-7-17/h8-14,17H,2-7H2,1H3,(H,25,26). The number of benzene rings is 2. The molecule has 1 aliphatic carbocycles. The molecule has 0 atom stereocenters. The van der Waals surface area contributed by atoms with E-state index in [1.165, 1.54) is 19.3 Å². The predicted molar refractivity (Wildman–Crippen MR) is 105 cm³/mol. The largest absolute Gasteiger partial charge is 0.494 e. The minimum absolute atomic E-state index is 0.272. The molecule has 1 saturated carbocycles. The van der Waals surface area contributed by atoms with Crippen molar-refractivity contribution in [2.45, 2.75) is 45.1 Å². The molecule has 0 radical (unpaired) electrons. The zero-order chi connectivity index (χ0) is 18.8. The second-order valence-corrected chi connectivity index (χ2v) is 7.06. The molecule has 1 N–H and O–H groups in total. The fourth-order valence-corrected chi connectivity index (χ4v) is 4.01. The monoisotopic (exact) mass is 364 g/mol. The molecule has 3 aromatic rings. The Balaban J connectivity index is 1.85. The van der Waals surface area contributed by atoms with Gasteiger partial charge in [0.05, 0.1) is 23.2 Å². The van der Waals surface area contributed by atoms with Crippen LogP contribution in [0.15, 0.2) is 42.5 Å². The lowest BCUT2D eigenvalue weighted by atomic mass is 9.95. The summed E-state index contributed by atoms with van der Waals surface area (Å²) >= 11 is 0. The van der Waals surface area contributed by atoms with Crippen molar-refractivity contribution < 1.29 is 14.6 Å². The van der Waals surface area contributed by atoms with Crippen LogP contribution in [0.4, 0.5) is 0 Å². The van der Waals surface area contributed by atoms with E-state index in [1.807, 2.05) is 37.3 Å². The Hall–Kier alpha value is -2.82. The maximum atomic E-state index is 11.4. The number of fused-ring (bicyclic) bond motifs is 1. The maximum Gasteiger partial charge on any atom is 0.335 e. The van der Waals surface area contributed by atoms with Gasteiger partial charge in [0.15, 0.2) is 0 Å². The third kappa shape index (κ3) is 3.42. The molecule has 0 amide bonds. The fourth-order valence-electron chi connectivity index (χ4n) is 4.01. The summed E-state index contributed by atoms with van der Waals surface area (Å²) in [5.74, 6) is 0.823. The lowest BCUT2D eigenvalue weighted by Gasteiger charge is -2.25. The van der Waals surface area contributed by atoms with Gasteiger partial charge >= 0.3 is 5.97 Å². The van der Waals surface area contributed by atoms with Crippen molar-refractivity contribution in [3.63, 3.8) is 0 Å². The number of carboxylic acid groups (broad SMARTS) is 1. The molecule has 0 aliphatic heterocycles. The van der Waals surface area contributed by atoms with Crippen LogP contribution in [0, 0.1) is 0 Å². The van der Waals surface area contributed by atoms with Crippen molar-refractivity contribution in [3.8, 4) is 17.1 Å². The second-order valence-electron chi connectivity index (χ2n) is 7.06.